The number of carbonyl (C=O) groups is 1. The Bertz CT molecular complexity index is 681. The zero-order valence-electron chi connectivity index (χ0n) is 17.1. The van der Waals surface area contributed by atoms with Crippen molar-refractivity contribution in [2.24, 2.45) is 4.99 Å². The Morgan fingerprint density at radius 2 is 2.07 bits per heavy atom. The van der Waals surface area contributed by atoms with Crippen LogP contribution in [0.25, 0.3) is 0 Å². The number of amides is 2. The van der Waals surface area contributed by atoms with Crippen LogP contribution in [0.3, 0.4) is 0 Å². The molecule has 3 rings (SSSR count). The van der Waals surface area contributed by atoms with Crippen LogP contribution in [0, 0.1) is 0 Å². The first-order valence-corrected chi connectivity index (χ1v) is 11.4. The molecule has 0 aliphatic carbocycles. The third-order valence-electron chi connectivity index (χ3n) is 5.27. The number of likely N-dealkylation sites (tertiary alicyclic amines) is 1. The fourth-order valence-electron chi connectivity index (χ4n) is 3.63. The second-order valence-electron chi connectivity index (χ2n) is 7.78. The maximum absolute atomic E-state index is 12.3. The number of rotatable bonds is 6. The molecule has 0 radical (unpaired) electrons. The van der Waals surface area contributed by atoms with Gasteiger partial charge in [-0.25, -0.2) is 9.79 Å². The zero-order chi connectivity index (χ0) is 19.8. The van der Waals surface area contributed by atoms with Gasteiger partial charge in [0.25, 0.3) is 0 Å². The second kappa shape index (κ2) is 10.0. The summed E-state index contributed by atoms with van der Waals surface area (Å²) in [5, 5.41) is 9.84. The first-order valence-electron chi connectivity index (χ1n) is 10.4. The van der Waals surface area contributed by atoms with Crippen LogP contribution >= 0.6 is 11.8 Å². The molecule has 2 aliphatic heterocycles. The molecule has 1 unspecified atom stereocenters. The van der Waals surface area contributed by atoms with Crippen molar-refractivity contribution in [3.63, 3.8) is 0 Å². The van der Waals surface area contributed by atoms with Gasteiger partial charge in [-0.15, -0.1) is 0 Å². The van der Waals surface area contributed by atoms with E-state index in [1.165, 1.54) is 18.6 Å². The van der Waals surface area contributed by atoms with Crippen molar-refractivity contribution < 1.29 is 4.79 Å². The van der Waals surface area contributed by atoms with Crippen LogP contribution in [-0.4, -0.2) is 53.6 Å². The van der Waals surface area contributed by atoms with Gasteiger partial charge < -0.3 is 20.9 Å². The highest BCUT2D eigenvalue weighted by atomic mass is 32.2. The van der Waals surface area contributed by atoms with E-state index >= 15 is 0 Å². The fourth-order valence-corrected chi connectivity index (χ4v) is 4.87. The van der Waals surface area contributed by atoms with E-state index in [2.05, 4.69) is 29.8 Å². The standard InChI is InChI=1S/C21H33N5OS/c1-3-22-19(24-16-21(2)10-7-13-28-21)23-15-17-8-6-9-18(14-17)25-20(27)26-11-4-5-12-26/h6,8-9,14H,3-5,7,10-13,15-16H2,1-2H3,(H,25,27)(H2,22,23,24). The number of urea groups is 1. The lowest BCUT2D eigenvalue weighted by molar-refractivity contribution is 0.222. The first kappa shape index (κ1) is 20.8. The molecule has 154 valence electrons. The molecule has 28 heavy (non-hydrogen) atoms. The normalized spacial score (nSPS) is 22.4. The molecular weight excluding hydrogens is 370 g/mol. The van der Waals surface area contributed by atoms with Crippen LogP contribution in [0.1, 0.15) is 45.1 Å². The molecule has 2 aliphatic rings. The number of benzene rings is 1. The Morgan fingerprint density at radius 1 is 1.25 bits per heavy atom. The van der Waals surface area contributed by atoms with Gasteiger partial charge in [0.1, 0.15) is 0 Å². The van der Waals surface area contributed by atoms with Crippen LogP contribution in [-0.2, 0) is 6.54 Å². The summed E-state index contributed by atoms with van der Waals surface area (Å²) >= 11 is 2.05. The minimum atomic E-state index is -0.00420. The number of thioether (sulfide) groups is 1. The van der Waals surface area contributed by atoms with Gasteiger partial charge in [0, 0.05) is 36.6 Å². The summed E-state index contributed by atoms with van der Waals surface area (Å²) in [6, 6.07) is 7.96. The summed E-state index contributed by atoms with van der Waals surface area (Å²) in [5.41, 5.74) is 1.91. The molecule has 2 saturated heterocycles. The lowest BCUT2D eigenvalue weighted by Gasteiger charge is -2.24. The Balaban J connectivity index is 1.56. The molecule has 0 spiro atoms. The molecule has 0 bridgehead atoms. The van der Waals surface area contributed by atoms with Gasteiger partial charge in [-0.2, -0.15) is 11.8 Å². The van der Waals surface area contributed by atoms with E-state index in [0.29, 0.717) is 11.3 Å². The van der Waals surface area contributed by atoms with Crippen LogP contribution < -0.4 is 16.0 Å². The quantitative estimate of drug-likeness (QED) is 0.501. The van der Waals surface area contributed by atoms with Crippen molar-refractivity contribution in [1.82, 2.24) is 15.5 Å². The lowest BCUT2D eigenvalue weighted by atomic mass is 10.1. The molecule has 6 nitrogen and oxygen atoms in total. The van der Waals surface area contributed by atoms with Gasteiger partial charge in [-0.1, -0.05) is 12.1 Å². The highest BCUT2D eigenvalue weighted by Gasteiger charge is 2.29. The Kier molecular flexibility index (Phi) is 7.48. The van der Waals surface area contributed by atoms with Crippen molar-refractivity contribution in [2.45, 2.75) is 50.8 Å². The molecule has 3 N–H and O–H groups in total. The molecule has 2 fully saturated rings. The van der Waals surface area contributed by atoms with Gasteiger partial charge in [0.15, 0.2) is 5.96 Å². The predicted octanol–water partition coefficient (Wildman–Crippen LogP) is 3.66. The number of nitrogens with one attached hydrogen (secondary N) is 3. The van der Waals surface area contributed by atoms with E-state index in [0.717, 1.165) is 56.2 Å². The Morgan fingerprint density at radius 3 is 2.79 bits per heavy atom. The lowest BCUT2D eigenvalue weighted by Crippen LogP contribution is -2.43. The van der Waals surface area contributed by atoms with E-state index in [4.69, 9.17) is 4.99 Å². The van der Waals surface area contributed by atoms with Crippen molar-refractivity contribution in [3.8, 4) is 0 Å². The van der Waals surface area contributed by atoms with Crippen molar-refractivity contribution in [2.75, 3.05) is 37.2 Å². The largest absolute Gasteiger partial charge is 0.357 e. The number of aliphatic imine (C=N–C) groups is 1. The van der Waals surface area contributed by atoms with Crippen molar-refractivity contribution in [3.05, 3.63) is 29.8 Å². The zero-order valence-corrected chi connectivity index (χ0v) is 17.9. The number of nitrogens with zero attached hydrogens (tertiary/aromatic N) is 2. The predicted molar refractivity (Wildman–Crippen MR) is 119 cm³/mol. The molecule has 2 heterocycles. The number of anilines is 1. The minimum Gasteiger partial charge on any atom is -0.357 e. The Labute approximate surface area is 172 Å². The number of hydrogen-bond donors (Lipinski definition) is 3. The Hall–Kier alpha value is -1.89. The highest BCUT2D eigenvalue weighted by molar-refractivity contribution is 8.00. The number of carbonyl (C=O) groups excluding carboxylic acids is 1. The van der Waals surface area contributed by atoms with E-state index in [1.807, 2.05) is 40.9 Å². The summed E-state index contributed by atoms with van der Waals surface area (Å²) in [4.78, 5) is 18.9. The molecule has 0 saturated carbocycles. The second-order valence-corrected chi connectivity index (χ2v) is 9.46. The molecule has 1 atom stereocenters. The van der Waals surface area contributed by atoms with Gasteiger partial charge in [-0.05, 0) is 63.0 Å². The van der Waals surface area contributed by atoms with Crippen LogP contribution in [0.4, 0.5) is 10.5 Å². The molecule has 1 aromatic carbocycles. The molecular formula is C21H33N5OS. The summed E-state index contributed by atoms with van der Waals surface area (Å²) < 4.78 is 0.302. The van der Waals surface area contributed by atoms with Gasteiger partial charge in [0.05, 0.1) is 6.54 Å². The summed E-state index contributed by atoms with van der Waals surface area (Å²) in [7, 11) is 0. The van der Waals surface area contributed by atoms with Crippen LogP contribution in [0.5, 0.6) is 0 Å². The number of hydrogen-bond acceptors (Lipinski definition) is 3. The maximum Gasteiger partial charge on any atom is 0.321 e. The summed E-state index contributed by atoms with van der Waals surface area (Å²) in [6.07, 6.45) is 4.75. The van der Waals surface area contributed by atoms with Gasteiger partial charge >= 0.3 is 6.03 Å². The third kappa shape index (κ3) is 6.06. The van der Waals surface area contributed by atoms with Gasteiger partial charge in [-0.3, -0.25) is 0 Å². The molecule has 7 heteroatoms. The average Bonchev–Trinajstić information content (AvgIpc) is 3.37. The number of guanidine groups is 1. The summed E-state index contributed by atoms with van der Waals surface area (Å²) in [6.45, 7) is 8.45. The average molecular weight is 404 g/mol. The monoisotopic (exact) mass is 403 g/mol. The van der Waals surface area contributed by atoms with E-state index < -0.39 is 0 Å². The van der Waals surface area contributed by atoms with E-state index in [1.54, 1.807) is 0 Å². The maximum atomic E-state index is 12.3. The molecule has 1 aromatic rings. The fraction of sp³-hybridized carbons (Fsp3) is 0.619. The van der Waals surface area contributed by atoms with E-state index in [-0.39, 0.29) is 6.03 Å². The topological polar surface area (TPSA) is 68.8 Å². The first-order chi connectivity index (χ1) is 13.6. The SMILES string of the molecule is CCNC(=NCc1cccc(NC(=O)N2CCCC2)c1)NCC1(C)CCCS1. The highest BCUT2D eigenvalue weighted by Crippen LogP contribution is 2.36. The van der Waals surface area contributed by atoms with Crippen molar-refractivity contribution >= 4 is 29.4 Å². The van der Waals surface area contributed by atoms with Crippen molar-refractivity contribution in [1.29, 1.82) is 0 Å². The summed E-state index contributed by atoms with van der Waals surface area (Å²) in [5.74, 6) is 2.10. The van der Waals surface area contributed by atoms with Crippen LogP contribution in [0.15, 0.2) is 29.3 Å². The smallest absolute Gasteiger partial charge is 0.321 e. The van der Waals surface area contributed by atoms with Crippen LogP contribution in [0.2, 0.25) is 0 Å². The molecule has 2 amide bonds. The molecule has 0 aromatic heterocycles. The minimum absolute atomic E-state index is 0.00420. The van der Waals surface area contributed by atoms with Gasteiger partial charge in [0.2, 0.25) is 0 Å². The van der Waals surface area contributed by atoms with E-state index in [9.17, 15) is 4.79 Å². The third-order valence-corrected chi connectivity index (χ3v) is 6.80.